The van der Waals surface area contributed by atoms with E-state index in [1.807, 2.05) is 0 Å². The van der Waals surface area contributed by atoms with Crippen LogP contribution in [-0.4, -0.2) is 29.2 Å². The zero-order valence-corrected chi connectivity index (χ0v) is 14.8. The van der Waals surface area contributed by atoms with E-state index in [1.165, 1.54) is 0 Å². The molecule has 0 atom stereocenters. The van der Waals surface area contributed by atoms with E-state index in [1.54, 1.807) is 24.5 Å². The number of rotatable bonds is 6. The minimum absolute atomic E-state index is 0.118. The number of halogens is 3. The van der Waals surface area contributed by atoms with Gasteiger partial charge in [-0.1, -0.05) is 0 Å². The van der Waals surface area contributed by atoms with Crippen LogP contribution in [0.15, 0.2) is 41.6 Å². The Morgan fingerprint density at radius 3 is 2.64 bits per heavy atom. The summed E-state index contributed by atoms with van der Waals surface area (Å²) in [7, 11) is 1.08. The van der Waals surface area contributed by atoms with Gasteiger partial charge >= 0.3 is 0 Å². The predicted octanol–water partition coefficient (Wildman–Crippen LogP) is 2.58. The van der Waals surface area contributed by atoms with Gasteiger partial charge < -0.3 is 14.6 Å². The summed E-state index contributed by atoms with van der Waals surface area (Å²) in [5.74, 6) is -3.65. The van der Waals surface area contributed by atoms with Crippen LogP contribution in [0, 0.1) is 11.6 Å². The van der Waals surface area contributed by atoms with Gasteiger partial charge in [0.1, 0.15) is 12.2 Å². The number of alkyl halides is 1. The summed E-state index contributed by atoms with van der Waals surface area (Å²) in [6, 6.07) is 4.14. The molecule has 146 valence electrons. The maximum Gasteiger partial charge on any atom is 0.257 e. The first-order chi connectivity index (χ1) is 13.5. The Kier molecular flexibility index (Phi) is 5.62. The lowest BCUT2D eigenvalue weighted by atomic mass is 10.1. The molecule has 3 aromatic rings. The van der Waals surface area contributed by atoms with Crippen molar-refractivity contribution in [3.63, 3.8) is 0 Å². The SMILES string of the molecule is COc1c(F)cc2c(=O)c(C(=O)NCc3ccncc3)cn(CCF)c2c1F. The van der Waals surface area contributed by atoms with Crippen LogP contribution in [0.2, 0.25) is 0 Å². The fraction of sp³-hybridized carbons (Fsp3) is 0.211. The van der Waals surface area contributed by atoms with E-state index in [0.717, 1.165) is 29.5 Å². The van der Waals surface area contributed by atoms with Crippen LogP contribution in [0.3, 0.4) is 0 Å². The first-order valence-electron chi connectivity index (χ1n) is 8.30. The number of pyridine rings is 2. The van der Waals surface area contributed by atoms with Crippen LogP contribution in [0.25, 0.3) is 10.9 Å². The van der Waals surface area contributed by atoms with Gasteiger partial charge in [-0.25, -0.2) is 13.2 Å². The van der Waals surface area contributed by atoms with Crippen molar-refractivity contribution in [2.24, 2.45) is 0 Å². The second-order valence-corrected chi connectivity index (χ2v) is 5.89. The lowest BCUT2D eigenvalue weighted by Gasteiger charge is -2.15. The van der Waals surface area contributed by atoms with Crippen LogP contribution >= 0.6 is 0 Å². The number of carbonyl (C=O) groups is 1. The van der Waals surface area contributed by atoms with Crippen molar-refractivity contribution in [2.75, 3.05) is 13.8 Å². The summed E-state index contributed by atoms with van der Waals surface area (Å²) in [6.07, 6.45) is 4.15. The number of benzene rings is 1. The summed E-state index contributed by atoms with van der Waals surface area (Å²) in [6.45, 7) is -1.09. The maximum atomic E-state index is 14.6. The molecule has 6 nitrogen and oxygen atoms in total. The van der Waals surface area contributed by atoms with Crippen molar-refractivity contribution in [1.29, 1.82) is 0 Å². The number of aryl methyl sites for hydroxylation is 1. The Bertz CT molecular complexity index is 1080. The molecule has 0 aliphatic heterocycles. The van der Waals surface area contributed by atoms with Gasteiger partial charge in [-0.3, -0.25) is 14.6 Å². The van der Waals surface area contributed by atoms with E-state index >= 15 is 0 Å². The van der Waals surface area contributed by atoms with Gasteiger partial charge in [0.2, 0.25) is 5.43 Å². The molecule has 0 unspecified atom stereocenters. The summed E-state index contributed by atoms with van der Waals surface area (Å²) in [4.78, 5) is 29.0. The Hall–Kier alpha value is -3.36. The molecule has 2 heterocycles. The number of hydrogen-bond donors (Lipinski definition) is 1. The van der Waals surface area contributed by atoms with Crippen LogP contribution in [0.1, 0.15) is 15.9 Å². The average molecular weight is 391 g/mol. The first kappa shape index (κ1) is 19.4. The van der Waals surface area contributed by atoms with Crippen LogP contribution < -0.4 is 15.5 Å². The molecule has 3 rings (SSSR count). The molecule has 0 saturated heterocycles. The summed E-state index contributed by atoms with van der Waals surface area (Å²) in [5, 5.41) is 2.18. The highest BCUT2D eigenvalue weighted by atomic mass is 19.1. The average Bonchev–Trinajstić information content (AvgIpc) is 2.69. The second-order valence-electron chi connectivity index (χ2n) is 5.89. The monoisotopic (exact) mass is 391 g/mol. The summed E-state index contributed by atoms with van der Waals surface area (Å²) < 4.78 is 47.4. The number of hydrogen-bond acceptors (Lipinski definition) is 4. The summed E-state index contributed by atoms with van der Waals surface area (Å²) in [5.41, 5.74) is -0.793. The Morgan fingerprint density at radius 2 is 2.00 bits per heavy atom. The Balaban J connectivity index is 2.09. The van der Waals surface area contributed by atoms with Crippen molar-refractivity contribution in [1.82, 2.24) is 14.9 Å². The highest BCUT2D eigenvalue weighted by molar-refractivity contribution is 5.97. The smallest absolute Gasteiger partial charge is 0.257 e. The predicted molar refractivity (Wildman–Crippen MR) is 96.1 cm³/mol. The van der Waals surface area contributed by atoms with Crippen molar-refractivity contribution in [3.8, 4) is 5.75 Å². The van der Waals surface area contributed by atoms with Gasteiger partial charge in [0.05, 0.1) is 24.6 Å². The molecular formula is C19H16F3N3O3. The van der Waals surface area contributed by atoms with Gasteiger partial charge in [0.25, 0.3) is 5.91 Å². The lowest BCUT2D eigenvalue weighted by molar-refractivity contribution is 0.0949. The molecule has 0 aliphatic rings. The fourth-order valence-corrected chi connectivity index (χ4v) is 2.86. The minimum Gasteiger partial charge on any atom is -0.491 e. The molecule has 0 saturated carbocycles. The first-order valence-corrected chi connectivity index (χ1v) is 8.30. The van der Waals surface area contributed by atoms with E-state index in [4.69, 9.17) is 0 Å². The molecule has 1 aromatic carbocycles. The molecule has 0 bridgehead atoms. The molecule has 28 heavy (non-hydrogen) atoms. The number of carbonyl (C=O) groups excluding carboxylic acids is 1. The number of fused-ring (bicyclic) bond motifs is 1. The standard InChI is InChI=1S/C19H16F3N3O3/c1-28-18-14(21)8-12-16(15(18)22)25(7-4-20)10-13(17(12)26)19(27)24-9-11-2-5-23-6-3-11/h2-3,5-6,8,10H,4,7,9H2,1H3,(H,24,27). The van der Waals surface area contributed by atoms with E-state index in [-0.39, 0.29) is 29.6 Å². The molecule has 0 fully saturated rings. The molecule has 1 amide bonds. The molecule has 0 radical (unpaired) electrons. The number of nitrogens with zero attached hydrogens (tertiary/aromatic N) is 2. The largest absolute Gasteiger partial charge is 0.491 e. The number of nitrogens with one attached hydrogen (secondary N) is 1. The molecule has 2 aromatic heterocycles. The number of aromatic nitrogens is 2. The summed E-state index contributed by atoms with van der Waals surface area (Å²) >= 11 is 0. The number of methoxy groups -OCH3 is 1. The van der Waals surface area contributed by atoms with Crippen molar-refractivity contribution < 1.29 is 22.7 Å². The van der Waals surface area contributed by atoms with E-state index in [2.05, 4.69) is 15.0 Å². The molecule has 9 heteroatoms. The normalized spacial score (nSPS) is 10.9. The third-order valence-electron chi connectivity index (χ3n) is 4.19. The quantitative estimate of drug-likeness (QED) is 0.701. The third-order valence-corrected chi connectivity index (χ3v) is 4.19. The topological polar surface area (TPSA) is 73.2 Å². The third kappa shape index (κ3) is 3.55. The van der Waals surface area contributed by atoms with Crippen LogP contribution in [0.5, 0.6) is 5.75 Å². The molecular weight excluding hydrogens is 375 g/mol. The zero-order chi connectivity index (χ0) is 20.3. The molecule has 0 spiro atoms. The van der Waals surface area contributed by atoms with Crippen molar-refractivity contribution >= 4 is 16.8 Å². The number of ether oxygens (including phenoxy) is 1. The van der Waals surface area contributed by atoms with Gasteiger partial charge in [-0.2, -0.15) is 0 Å². The van der Waals surface area contributed by atoms with E-state index in [9.17, 15) is 22.8 Å². The maximum absolute atomic E-state index is 14.6. The minimum atomic E-state index is -1.13. The lowest BCUT2D eigenvalue weighted by Crippen LogP contribution is -2.30. The van der Waals surface area contributed by atoms with E-state index in [0.29, 0.717) is 0 Å². The fourth-order valence-electron chi connectivity index (χ4n) is 2.86. The van der Waals surface area contributed by atoms with Gasteiger partial charge in [0.15, 0.2) is 17.4 Å². The Labute approximate surface area is 157 Å². The highest BCUT2D eigenvalue weighted by Gasteiger charge is 2.22. The van der Waals surface area contributed by atoms with Gasteiger partial charge in [0, 0.05) is 25.1 Å². The second kappa shape index (κ2) is 8.12. The van der Waals surface area contributed by atoms with Crippen LogP contribution in [-0.2, 0) is 13.1 Å². The van der Waals surface area contributed by atoms with Gasteiger partial charge in [-0.15, -0.1) is 0 Å². The van der Waals surface area contributed by atoms with Gasteiger partial charge in [-0.05, 0) is 23.8 Å². The molecule has 1 N–H and O–H groups in total. The van der Waals surface area contributed by atoms with Crippen molar-refractivity contribution in [3.05, 3.63) is 69.8 Å². The highest BCUT2D eigenvalue weighted by Crippen LogP contribution is 2.28. The molecule has 0 aliphatic carbocycles. The Morgan fingerprint density at radius 1 is 1.29 bits per heavy atom. The van der Waals surface area contributed by atoms with E-state index < -0.39 is 35.4 Å². The number of amides is 1. The zero-order valence-electron chi connectivity index (χ0n) is 14.8. The van der Waals surface area contributed by atoms with Crippen LogP contribution in [0.4, 0.5) is 13.2 Å². The van der Waals surface area contributed by atoms with Crippen molar-refractivity contribution in [2.45, 2.75) is 13.1 Å².